The van der Waals surface area contributed by atoms with Crippen LogP contribution in [0, 0.1) is 0 Å². The Kier molecular flexibility index (Phi) is 7.21. The minimum absolute atomic E-state index is 0. The fourth-order valence-corrected chi connectivity index (χ4v) is 2.23. The van der Waals surface area contributed by atoms with Crippen LogP contribution >= 0.6 is 39.9 Å². The molecule has 0 heterocycles. The Balaban J connectivity index is 0.00000324. The second-order valence-electron chi connectivity index (χ2n) is 3.49. The molecule has 1 rings (SSSR count). The van der Waals surface area contributed by atoms with E-state index in [1.807, 2.05) is 0 Å². The molecule has 1 atom stereocenters. The molecule has 1 aromatic carbocycles. The third-order valence-corrected chi connectivity index (χ3v) is 3.16. The lowest BCUT2D eigenvalue weighted by Gasteiger charge is -2.22. The van der Waals surface area contributed by atoms with E-state index >= 15 is 0 Å². The molecule has 8 heteroatoms. The second-order valence-corrected chi connectivity index (χ2v) is 4.78. The van der Waals surface area contributed by atoms with E-state index in [4.69, 9.17) is 17.3 Å². The Bertz CT molecular complexity index is 460. The standard InChI is InChI=1S/C11H11BrClF2NO2.ClH/c1-2-18-10(17)11(14,15)9(16)7-4-3-6(13)5-8(7)12;/h3-5,9H,2,16H2,1H3;1H/t9-;/m0./s1. The van der Waals surface area contributed by atoms with Gasteiger partial charge in [-0.3, -0.25) is 0 Å². The molecular weight excluding hydrogens is 367 g/mol. The molecule has 0 saturated carbocycles. The van der Waals surface area contributed by atoms with Gasteiger partial charge in [-0.1, -0.05) is 33.6 Å². The van der Waals surface area contributed by atoms with Gasteiger partial charge < -0.3 is 10.5 Å². The number of alkyl halides is 2. The van der Waals surface area contributed by atoms with Gasteiger partial charge >= 0.3 is 11.9 Å². The number of esters is 1. The SMILES string of the molecule is CCOC(=O)C(F)(F)[C@@H](N)c1ccc(Cl)cc1Br.Cl. The van der Waals surface area contributed by atoms with Crippen LogP contribution in [0.4, 0.5) is 8.78 Å². The van der Waals surface area contributed by atoms with Crippen LogP contribution in [0.3, 0.4) is 0 Å². The van der Waals surface area contributed by atoms with Gasteiger partial charge in [0.1, 0.15) is 6.04 Å². The van der Waals surface area contributed by atoms with Gasteiger partial charge in [0.2, 0.25) is 0 Å². The van der Waals surface area contributed by atoms with E-state index in [1.54, 1.807) is 0 Å². The van der Waals surface area contributed by atoms with Crippen LogP contribution in [0.15, 0.2) is 22.7 Å². The van der Waals surface area contributed by atoms with Crippen molar-refractivity contribution in [1.82, 2.24) is 0 Å². The number of halogens is 5. The predicted molar refractivity (Wildman–Crippen MR) is 74.9 cm³/mol. The van der Waals surface area contributed by atoms with E-state index in [2.05, 4.69) is 20.7 Å². The summed E-state index contributed by atoms with van der Waals surface area (Å²) in [5.41, 5.74) is 5.51. The first-order chi connectivity index (χ1) is 8.30. The van der Waals surface area contributed by atoms with Gasteiger partial charge in [-0.25, -0.2) is 4.79 Å². The van der Waals surface area contributed by atoms with Gasteiger partial charge in [0.15, 0.2) is 0 Å². The number of hydrogen-bond donors (Lipinski definition) is 1. The van der Waals surface area contributed by atoms with Crippen LogP contribution in [-0.2, 0) is 9.53 Å². The molecule has 0 aliphatic rings. The number of nitrogens with two attached hydrogens (primary N) is 1. The van der Waals surface area contributed by atoms with Crippen molar-refractivity contribution in [1.29, 1.82) is 0 Å². The molecule has 0 saturated heterocycles. The van der Waals surface area contributed by atoms with Crippen molar-refractivity contribution in [3.05, 3.63) is 33.3 Å². The molecule has 0 unspecified atom stereocenters. The fraction of sp³-hybridized carbons (Fsp3) is 0.364. The average Bonchev–Trinajstić information content (AvgIpc) is 2.28. The number of ether oxygens (including phenoxy) is 1. The van der Waals surface area contributed by atoms with Crippen molar-refractivity contribution >= 4 is 45.9 Å². The summed E-state index contributed by atoms with van der Waals surface area (Å²) in [5, 5.41) is 0.372. The lowest BCUT2D eigenvalue weighted by Crippen LogP contribution is -2.41. The Morgan fingerprint density at radius 1 is 1.58 bits per heavy atom. The molecule has 0 aliphatic carbocycles. The summed E-state index contributed by atoms with van der Waals surface area (Å²) in [5.74, 6) is -5.44. The lowest BCUT2D eigenvalue weighted by atomic mass is 10.0. The van der Waals surface area contributed by atoms with Crippen molar-refractivity contribution in [2.75, 3.05) is 6.61 Å². The molecule has 0 aromatic heterocycles. The van der Waals surface area contributed by atoms with E-state index in [0.717, 1.165) is 0 Å². The zero-order valence-corrected chi connectivity index (χ0v) is 13.0. The molecule has 1 aromatic rings. The molecule has 0 radical (unpaired) electrons. The first kappa shape index (κ1) is 18.6. The summed E-state index contributed by atoms with van der Waals surface area (Å²) in [6.45, 7) is 1.31. The van der Waals surface area contributed by atoms with Crippen LogP contribution < -0.4 is 5.73 Å². The maximum Gasteiger partial charge on any atom is 0.379 e. The van der Waals surface area contributed by atoms with Crippen molar-refractivity contribution in [3.8, 4) is 0 Å². The van der Waals surface area contributed by atoms with Crippen LogP contribution in [-0.4, -0.2) is 18.5 Å². The van der Waals surface area contributed by atoms with Gasteiger partial charge in [-0.15, -0.1) is 12.4 Å². The van der Waals surface area contributed by atoms with Crippen molar-refractivity contribution in [2.45, 2.75) is 18.9 Å². The van der Waals surface area contributed by atoms with Crippen LogP contribution in [0.1, 0.15) is 18.5 Å². The van der Waals surface area contributed by atoms with Gasteiger partial charge in [0.25, 0.3) is 0 Å². The van der Waals surface area contributed by atoms with Crippen molar-refractivity contribution in [2.24, 2.45) is 5.73 Å². The zero-order valence-electron chi connectivity index (χ0n) is 9.83. The van der Waals surface area contributed by atoms with Crippen molar-refractivity contribution < 1.29 is 18.3 Å². The smallest absolute Gasteiger partial charge is 0.379 e. The van der Waals surface area contributed by atoms with E-state index < -0.39 is 17.9 Å². The first-order valence-electron chi connectivity index (χ1n) is 5.06. The maximum atomic E-state index is 13.7. The molecule has 3 nitrogen and oxygen atoms in total. The molecule has 19 heavy (non-hydrogen) atoms. The van der Waals surface area contributed by atoms with E-state index in [1.165, 1.54) is 25.1 Å². The minimum atomic E-state index is -3.80. The van der Waals surface area contributed by atoms with E-state index in [-0.39, 0.29) is 24.6 Å². The van der Waals surface area contributed by atoms with Crippen LogP contribution in [0.2, 0.25) is 5.02 Å². The molecule has 2 N–H and O–H groups in total. The molecule has 0 amide bonds. The summed E-state index contributed by atoms with van der Waals surface area (Å²) in [7, 11) is 0. The third kappa shape index (κ3) is 4.27. The largest absolute Gasteiger partial charge is 0.462 e. The Labute approximate surface area is 129 Å². The normalized spacial score (nSPS) is 12.5. The number of carbonyl (C=O) groups excluding carboxylic acids is 1. The highest BCUT2D eigenvalue weighted by Gasteiger charge is 2.48. The highest BCUT2D eigenvalue weighted by molar-refractivity contribution is 9.10. The van der Waals surface area contributed by atoms with Gasteiger partial charge in [0.05, 0.1) is 6.61 Å². The summed E-state index contributed by atoms with van der Waals surface area (Å²) in [6, 6.07) is 2.38. The second kappa shape index (κ2) is 7.38. The van der Waals surface area contributed by atoms with Gasteiger partial charge in [-0.05, 0) is 24.6 Å². The maximum absolute atomic E-state index is 13.7. The summed E-state index contributed by atoms with van der Waals surface area (Å²) in [4.78, 5) is 11.2. The summed E-state index contributed by atoms with van der Waals surface area (Å²) >= 11 is 8.78. The lowest BCUT2D eigenvalue weighted by molar-refractivity contribution is -0.174. The number of hydrogen-bond acceptors (Lipinski definition) is 3. The molecule has 0 fully saturated rings. The van der Waals surface area contributed by atoms with Crippen LogP contribution in [0.25, 0.3) is 0 Å². The Hall–Kier alpha value is -0.430. The number of rotatable bonds is 4. The van der Waals surface area contributed by atoms with Crippen molar-refractivity contribution in [3.63, 3.8) is 0 Å². The first-order valence-corrected chi connectivity index (χ1v) is 6.23. The van der Waals surface area contributed by atoms with E-state index in [0.29, 0.717) is 9.50 Å². The molecule has 0 bridgehead atoms. The number of carbonyl (C=O) groups is 1. The summed E-state index contributed by atoms with van der Waals surface area (Å²) < 4.78 is 32.0. The topological polar surface area (TPSA) is 52.3 Å². The molecule has 0 aliphatic heterocycles. The quantitative estimate of drug-likeness (QED) is 0.812. The monoisotopic (exact) mass is 377 g/mol. The number of benzene rings is 1. The van der Waals surface area contributed by atoms with E-state index in [9.17, 15) is 13.6 Å². The molecule has 108 valence electrons. The highest BCUT2D eigenvalue weighted by Crippen LogP contribution is 2.35. The van der Waals surface area contributed by atoms with Crippen LogP contribution in [0.5, 0.6) is 0 Å². The Morgan fingerprint density at radius 2 is 2.16 bits per heavy atom. The predicted octanol–water partition coefficient (Wildman–Crippen LogP) is 3.72. The fourth-order valence-electron chi connectivity index (χ4n) is 1.30. The van der Waals surface area contributed by atoms with Gasteiger partial charge in [0, 0.05) is 9.50 Å². The highest BCUT2D eigenvalue weighted by atomic mass is 79.9. The van der Waals surface area contributed by atoms with Gasteiger partial charge in [-0.2, -0.15) is 8.78 Å². The average molecular weight is 379 g/mol. The summed E-state index contributed by atoms with van der Waals surface area (Å²) in [6.07, 6.45) is 0. The molecule has 0 spiro atoms. The Morgan fingerprint density at radius 3 is 2.63 bits per heavy atom. The zero-order chi connectivity index (χ0) is 13.9. The third-order valence-electron chi connectivity index (χ3n) is 2.24. The molecular formula is C11H12BrCl2F2NO2. The minimum Gasteiger partial charge on any atom is -0.462 e.